The van der Waals surface area contributed by atoms with Gasteiger partial charge in [-0.05, 0) is 26.8 Å². The summed E-state index contributed by atoms with van der Waals surface area (Å²) in [5.41, 5.74) is 0.227. The van der Waals surface area contributed by atoms with Crippen LogP contribution < -0.4 is 5.32 Å². The maximum absolute atomic E-state index is 12.5. The molecule has 0 aliphatic rings. The molecule has 1 unspecified atom stereocenters. The molecular weight excluding hydrogens is 404 g/mol. The van der Waals surface area contributed by atoms with E-state index in [-0.39, 0.29) is 44.1 Å². The van der Waals surface area contributed by atoms with E-state index in [1.807, 2.05) is 0 Å². The number of Topliss-reactive ketones (excluding diaryl/α,β-unsaturated/α-hetero) is 1. The van der Waals surface area contributed by atoms with E-state index in [1.54, 1.807) is 0 Å². The van der Waals surface area contributed by atoms with Crippen molar-refractivity contribution in [2.24, 2.45) is 0 Å². The van der Waals surface area contributed by atoms with E-state index in [0.29, 0.717) is 4.31 Å². The molecule has 11 heteroatoms. The lowest BCUT2D eigenvalue weighted by Gasteiger charge is -2.23. The van der Waals surface area contributed by atoms with Crippen LogP contribution in [0.15, 0.2) is 24.8 Å². The van der Waals surface area contributed by atoms with Crippen LogP contribution in [0.5, 0.6) is 0 Å². The van der Waals surface area contributed by atoms with Crippen molar-refractivity contribution in [3.63, 3.8) is 0 Å². The predicted octanol–water partition coefficient (Wildman–Crippen LogP) is -0.0495. The molecule has 0 aromatic rings. The molecule has 1 N–H and O–H groups in total. The van der Waals surface area contributed by atoms with Crippen LogP contribution in [0.25, 0.3) is 0 Å². The summed E-state index contributed by atoms with van der Waals surface area (Å²) in [7, 11) is -4.06. The van der Waals surface area contributed by atoms with Gasteiger partial charge in [0, 0.05) is 11.6 Å². The Bertz CT molecular complexity index is 745. The van der Waals surface area contributed by atoms with Crippen molar-refractivity contribution >= 4 is 33.6 Å². The zero-order chi connectivity index (χ0) is 22.6. The van der Waals surface area contributed by atoms with Gasteiger partial charge in [-0.2, -0.15) is 0 Å². The van der Waals surface area contributed by atoms with E-state index in [1.165, 1.54) is 20.8 Å². The Hall–Kier alpha value is -2.53. The number of rotatable bonds is 14. The monoisotopic (exact) mass is 432 g/mol. The average Bonchev–Trinajstić information content (AvgIpc) is 2.58. The van der Waals surface area contributed by atoms with Crippen molar-refractivity contribution in [1.82, 2.24) is 9.62 Å². The summed E-state index contributed by atoms with van der Waals surface area (Å²) in [5.74, 6) is -2.84. The van der Waals surface area contributed by atoms with Gasteiger partial charge in [0.15, 0.2) is 0 Å². The first-order chi connectivity index (χ1) is 13.4. The van der Waals surface area contributed by atoms with Crippen LogP contribution >= 0.6 is 0 Å². The highest BCUT2D eigenvalue weighted by atomic mass is 32.2. The lowest BCUT2D eigenvalue weighted by molar-refractivity contribution is -0.147. The molecule has 0 fully saturated rings. The van der Waals surface area contributed by atoms with Gasteiger partial charge in [-0.1, -0.05) is 13.2 Å². The number of esters is 1. The molecule has 2 amide bonds. The van der Waals surface area contributed by atoms with Crippen LogP contribution in [0.2, 0.25) is 0 Å². The Labute approximate surface area is 171 Å². The first-order valence-electron chi connectivity index (χ1n) is 8.76. The first-order valence-corrected chi connectivity index (χ1v) is 10.4. The van der Waals surface area contributed by atoms with Crippen molar-refractivity contribution in [2.75, 3.05) is 32.1 Å². The van der Waals surface area contributed by atoms with Crippen LogP contribution in [0.3, 0.4) is 0 Å². The summed E-state index contributed by atoms with van der Waals surface area (Å²) in [6.07, 6.45) is 0.526. The summed E-state index contributed by atoms with van der Waals surface area (Å²) in [6, 6.07) is -0.758. The van der Waals surface area contributed by atoms with Gasteiger partial charge in [-0.25, -0.2) is 12.7 Å². The zero-order valence-corrected chi connectivity index (χ0v) is 17.7. The number of hydrogen-bond acceptors (Lipinski definition) is 8. The van der Waals surface area contributed by atoms with Crippen LogP contribution in [0, 0.1) is 0 Å². The van der Waals surface area contributed by atoms with E-state index in [0.717, 1.165) is 6.08 Å². The van der Waals surface area contributed by atoms with Crippen LogP contribution in [-0.2, 0) is 38.7 Å². The van der Waals surface area contributed by atoms with Crippen molar-refractivity contribution in [2.45, 2.75) is 33.2 Å². The van der Waals surface area contributed by atoms with Crippen LogP contribution in [0.1, 0.15) is 27.2 Å². The van der Waals surface area contributed by atoms with Crippen LogP contribution in [-0.4, -0.2) is 74.5 Å². The molecule has 0 saturated carbocycles. The molecule has 164 valence electrons. The third kappa shape index (κ3) is 11.2. The predicted molar refractivity (Wildman–Crippen MR) is 105 cm³/mol. The standard InChI is InChI=1S/C18H28N2O8S/c1-6-16(22)20(7-8-27-9-10-28-17(23)11-15(5)21)29(25,26)12-14(4)19-18(24)13(2)3/h6,14H,1-2,7-12H2,3-5H3,(H,19,24). The van der Waals surface area contributed by atoms with Crippen molar-refractivity contribution in [3.8, 4) is 0 Å². The fourth-order valence-electron chi connectivity index (χ4n) is 2.00. The van der Waals surface area contributed by atoms with Crippen molar-refractivity contribution < 1.29 is 37.1 Å². The van der Waals surface area contributed by atoms with Gasteiger partial charge in [0.25, 0.3) is 5.91 Å². The Morgan fingerprint density at radius 1 is 1.14 bits per heavy atom. The molecule has 0 aromatic heterocycles. The Balaban J connectivity index is 4.64. The van der Waals surface area contributed by atoms with E-state index >= 15 is 0 Å². The van der Waals surface area contributed by atoms with Gasteiger partial charge in [-0.15, -0.1) is 0 Å². The number of carbonyl (C=O) groups is 4. The largest absolute Gasteiger partial charge is 0.463 e. The number of amides is 2. The zero-order valence-electron chi connectivity index (χ0n) is 16.9. The fraction of sp³-hybridized carbons (Fsp3) is 0.556. The Morgan fingerprint density at radius 2 is 1.76 bits per heavy atom. The molecule has 0 aromatic carbocycles. The third-order valence-corrected chi connectivity index (χ3v) is 5.26. The van der Waals surface area contributed by atoms with Gasteiger partial charge < -0.3 is 14.8 Å². The molecule has 0 radical (unpaired) electrons. The summed E-state index contributed by atoms with van der Waals surface area (Å²) in [6.45, 7) is 10.4. The minimum absolute atomic E-state index is 0.0368. The number of nitrogens with zero attached hydrogens (tertiary/aromatic N) is 1. The molecule has 0 aliphatic heterocycles. The van der Waals surface area contributed by atoms with Gasteiger partial charge in [0.05, 0.1) is 25.5 Å². The molecule has 0 saturated heterocycles. The third-order valence-electron chi connectivity index (χ3n) is 3.30. The average molecular weight is 432 g/mol. The minimum atomic E-state index is -4.06. The second kappa shape index (κ2) is 12.8. The van der Waals surface area contributed by atoms with Crippen LogP contribution in [0.4, 0.5) is 0 Å². The topological polar surface area (TPSA) is 136 Å². The molecule has 29 heavy (non-hydrogen) atoms. The lowest BCUT2D eigenvalue weighted by Crippen LogP contribution is -2.45. The SMILES string of the molecule is C=CC(=O)N(CCOCCOC(=O)CC(C)=O)S(=O)(=O)CC(C)NC(=O)C(=C)C. The highest BCUT2D eigenvalue weighted by molar-refractivity contribution is 7.89. The molecule has 0 spiro atoms. The second-order valence-electron chi connectivity index (χ2n) is 6.26. The number of hydrogen-bond donors (Lipinski definition) is 1. The number of ketones is 1. The highest BCUT2D eigenvalue weighted by Crippen LogP contribution is 2.06. The maximum atomic E-state index is 12.5. The second-order valence-corrected chi connectivity index (χ2v) is 8.20. The summed E-state index contributed by atoms with van der Waals surface area (Å²) >= 11 is 0. The number of carbonyl (C=O) groups excluding carboxylic acids is 4. The number of ether oxygens (including phenoxy) is 2. The molecule has 0 bridgehead atoms. The Kier molecular flexibility index (Phi) is 11.7. The summed E-state index contributed by atoms with van der Waals surface area (Å²) in [5, 5.41) is 2.47. The van der Waals surface area contributed by atoms with E-state index in [9.17, 15) is 27.6 Å². The Morgan fingerprint density at radius 3 is 2.28 bits per heavy atom. The number of nitrogens with one attached hydrogen (secondary N) is 1. The molecule has 1 atom stereocenters. The normalized spacial score (nSPS) is 11.8. The first kappa shape index (κ1) is 26.5. The maximum Gasteiger partial charge on any atom is 0.313 e. The molecule has 0 heterocycles. The molecule has 10 nitrogen and oxygen atoms in total. The van der Waals surface area contributed by atoms with Gasteiger partial charge in [0.2, 0.25) is 15.9 Å². The highest BCUT2D eigenvalue weighted by Gasteiger charge is 2.28. The minimum Gasteiger partial charge on any atom is -0.463 e. The van der Waals surface area contributed by atoms with E-state index in [4.69, 9.17) is 9.47 Å². The van der Waals surface area contributed by atoms with E-state index in [2.05, 4.69) is 18.5 Å². The fourth-order valence-corrected chi connectivity index (χ4v) is 3.60. The smallest absolute Gasteiger partial charge is 0.313 e. The number of sulfonamides is 1. The van der Waals surface area contributed by atoms with E-state index < -0.39 is 39.6 Å². The molecule has 0 rings (SSSR count). The van der Waals surface area contributed by atoms with Gasteiger partial charge in [-0.3, -0.25) is 19.2 Å². The summed E-state index contributed by atoms with van der Waals surface area (Å²) < 4.78 is 35.6. The lowest BCUT2D eigenvalue weighted by atomic mass is 10.3. The van der Waals surface area contributed by atoms with Crippen molar-refractivity contribution in [3.05, 3.63) is 24.8 Å². The van der Waals surface area contributed by atoms with Gasteiger partial charge >= 0.3 is 5.97 Å². The van der Waals surface area contributed by atoms with Crippen molar-refractivity contribution in [1.29, 1.82) is 0 Å². The quantitative estimate of drug-likeness (QED) is 0.175. The molecule has 0 aliphatic carbocycles. The summed E-state index contributed by atoms with van der Waals surface area (Å²) in [4.78, 5) is 45.5. The molecular formula is C18H28N2O8S. The van der Waals surface area contributed by atoms with Gasteiger partial charge in [0.1, 0.15) is 18.8 Å².